The third-order valence-corrected chi connectivity index (χ3v) is 4.97. The molecule has 2 aromatic rings. The minimum atomic E-state index is 0.0382. The van der Waals surface area contributed by atoms with E-state index in [1.165, 1.54) is 0 Å². The molecule has 1 aliphatic rings. The summed E-state index contributed by atoms with van der Waals surface area (Å²) in [6.45, 7) is 4.16. The van der Waals surface area contributed by atoms with Crippen molar-refractivity contribution in [3.8, 4) is 11.8 Å². The summed E-state index contributed by atoms with van der Waals surface area (Å²) in [5.41, 5.74) is 1.99. The van der Waals surface area contributed by atoms with Crippen molar-refractivity contribution in [2.24, 2.45) is 0 Å². The van der Waals surface area contributed by atoms with Crippen LogP contribution in [0.25, 0.3) is 0 Å². The standard InChI is InChI=1S/C22H26N4O2/c1-28-21-10-5-9-20(17-21)25-15-13-24(14-16-25)18-22(27)26(12-6-11-23)19-7-3-2-4-8-19/h2-5,7-10,17H,6,12-16,18H2,1H3. The van der Waals surface area contributed by atoms with Crippen molar-refractivity contribution in [3.63, 3.8) is 0 Å². The molecule has 2 aromatic carbocycles. The lowest BCUT2D eigenvalue weighted by Crippen LogP contribution is -2.50. The summed E-state index contributed by atoms with van der Waals surface area (Å²) >= 11 is 0. The number of piperazine rings is 1. The van der Waals surface area contributed by atoms with Crippen molar-refractivity contribution in [1.82, 2.24) is 4.90 Å². The highest BCUT2D eigenvalue weighted by Crippen LogP contribution is 2.22. The molecular formula is C22H26N4O2. The molecular weight excluding hydrogens is 352 g/mol. The summed E-state index contributed by atoms with van der Waals surface area (Å²) in [6.07, 6.45) is 0.324. The molecule has 6 heteroatoms. The second kappa shape index (κ2) is 9.77. The number of nitriles is 1. The summed E-state index contributed by atoms with van der Waals surface area (Å²) in [5, 5.41) is 8.93. The molecule has 0 saturated carbocycles. The van der Waals surface area contributed by atoms with E-state index in [4.69, 9.17) is 10.00 Å². The Kier molecular flexibility index (Phi) is 6.88. The van der Waals surface area contributed by atoms with E-state index in [-0.39, 0.29) is 5.91 Å². The largest absolute Gasteiger partial charge is 0.497 e. The first-order valence-corrected chi connectivity index (χ1v) is 9.55. The first-order valence-electron chi connectivity index (χ1n) is 9.55. The van der Waals surface area contributed by atoms with Gasteiger partial charge < -0.3 is 14.5 Å². The van der Waals surface area contributed by atoms with Crippen LogP contribution in [0.2, 0.25) is 0 Å². The molecule has 0 bridgehead atoms. The number of carbonyl (C=O) groups excluding carboxylic acids is 1. The van der Waals surface area contributed by atoms with Gasteiger partial charge in [-0.2, -0.15) is 5.26 Å². The maximum Gasteiger partial charge on any atom is 0.241 e. The molecule has 1 amide bonds. The Morgan fingerprint density at radius 2 is 1.86 bits per heavy atom. The van der Waals surface area contributed by atoms with Crippen molar-refractivity contribution in [1.29, 1.82) is 5.26 Å². The van der Waals surface area contributed by atoms with Gasteiger partial charge in [-0.1, -0.05) is 24.3 Å². The predicted molar refractivity (Wildman–Crippen MR) is 111 cm³/mol. The van der Waals surface area contributed by atoms with Gasteiger partial charge in [0.1, 0.15) is 5.75 Å². The fraction of sp³-hybridized carbons (Fsp3) is 0.364. The first kappa shape index (κ1) is 19.7. The van der Waals surface area contributed by atoms with Gasteiger partial charge >= 0.3 is 0 Å². The monoisotopic (exact) mass is 378 g/mol. The molecule has 1 aliphatic heterocycles. The van der Waals surface area contributed by atoms with Crippen LogP contribution in [0, 0.1) is 11.3 Å². The molecule has 0 unspecified atom stereocenters. The fourth-order valence-electron chi connectivity index (χ4n) is 3.42. The zero-order valence-electron chi connectivity index (χ0n) is 16.3. The van der Waals surface area contributed by atoms with Gasteiger partial charge in [-0.25, -0.2) is 0 Å². The molecule has 6 nitrogen and oxygen atoms in total. The van der Waals surface area contributed by atoms with E-state index in [9.17, 15) is 4.79 Å². The van der Waals surface area contributed by atoms with Crippen molar-refractivity contribution in [3.05, 3.63) is 54.6 Å². The average Bonchev–Trinajstić information content (AvgIpc) is 2.75. The lowest BCUT2D eigenvalue weighted by atomic mass is 10.2. The number of anilines is 2. The van der Waals surface area contributed by atoms with Crippen LogP contribution in [0.5, 0.6) is 5.75 Å². The van der Waals surface area contributed by atoms with Gasteiger partial charge in [0.05, 0.1) is 26.1 Å². The number of hydrogen-bond acceptors (Lipinski definition) is 5. The molecule has 0 N–H and O–H groups in total. The summed E-state index contributed by atoms with van der Waals surface area (Å²) in [5.74, 6) is 0.891. The first-order chi connectivity index (χ1) is 13.7. The second-order valence-electron chi connectivity index (χ2n) is 6.75. The second-order valence-corrected chi connectivity index (χ2v) is 6.75. The van der Waals surface area contributed by atoms with Crippen LogP contribution in [-0.2, 0) is 4.79 Å². The molecule has 1 heterocycles. The number of carbonyl (C=O) groups is 1. The highest BCUT2D eigenvalue weighted by molar-refractivity contribution is 5.94. The zero-order valence-corrected chi connectivity index (χ0v) is 16.3. The number of benzene rings is 2. The van der Waals surface area contributed by atoms with Gasteiger partial charge in [0.2, 0.25) is 5.91 Å². The van der Waals surface area contributed by atoms with Crippen LogP contribution >= 0.6 is 0 Å². The molecule has 3 rings (SSSR count). The van der Waals surface area contributed by atoms with Crippen LogP contribution in [-0.4, -0.2) is 57.2 Å². The van der Waals surface area contributed by atoms with Crippen molar-refractivity contribution in [2.45, 2.75) is 6.42 Å². The predicted octanol–water partition coefficient (Wildman–Crippen LogP) is 2.76. The molecule has 0 aromatic heterocycles. The van der Waals surface area contributed by atoms with Crippen LogP contribution < -0.4 is 14.5 Å². The van der Waals surface area contributed by atoms with Crippen LogP contribution in [0.15, 0.2) is 54.6 Å². The normalized spacial score (nSPS) is 14.4. The van der Waals surface area contributed by atoms with Gasteiger partial charge in [-0.15, -0.1) is 0 Å². The number of rotatable bonds is 7. The number of hydrogen-bond donors (Lipinski definition) is 0. The molecule has 0 atom stereocenters. The van der Waals surface area contributed by atoms with Crippen molar-refractivity contribution < 1.29 is 9.53 Å². The SMILES string of the molecule is COc1cccc(N2CCN(CC(=O)N(CCC#N)c3ccccc3)CC2)c1. The maximum absolute atomic E-state index is 12.9. The third-order valence-electron chi connectivity index (χ3n) is 4.97. The Morgan fingerprint density at radius 1 is 1.11 bits per heavy atom. The molecule has 1 saturated heterocycles. The van der Waals surface area contributed by atoms with E-state index in [0.29, 0.717) is 19.5 Å². The van der Waals surface area contributed by atoms with Gasteiger partial charge in [0, 0.05) is 50.2 Å². The van der Waals surface area contributed by atoms with Crippen molar-refractivity contribution in [2.75, 3.05) is 56.2 Å². The number of nitrogens with zero attached hydrogens (tertiary/aromatic N) is 4. The van der Waals surface area contributed by atoms with E-state index in [1.807, 2.05) is 48.5 Å². The molecule has 28 heavy (non-hydrogen) atoms. The molecule has 0 radical (unpaired) electrons. The molecule has 146 valence electrons. The number of para-hydroxylation sites is 1. The molecule has 0 spiro atoms. The molecule has 0 aliphatic carbocycles. The Morgan fingerprint density at radius 3 is 2.54 bits per heavy atom. The van der Waals surface area contributed by atoms with Crippen molar-refractivity contribution >= 4 is 17.3 Å². The average molecular weight is 378 g/mol. The van der Waals surface area contributed by atoms with E-state index in [2.05, 4.69) is 21.9 Å². The maximum atomic E-state index is 12.9. The molecule has 1 fully saturated rings. The number of ether oxygens (including phenoxy) is 1. The third kappa shape index (κ3) is 5.02. The van der Waals surface area contributed by atoms with Gasteiger partial charge in [-0.3, -0.25) is 9.69 Å². The lowest BCUT2D eigenvalue weighted by Gasteiger charge is -2.36. The lowest BCUT2D eigenvalue weighted by molar-refractivity contribution is -0.119. The highest BCUT2D eigenvalue weighted by atomic mass is 16.5. The Labute approximate surface area is 166 Å². The van der Waals surface area contributed by atoms with E-state index in [0.717, 1.165) is 43.3 Å². The van der Waals surface area contributed by atoms with E-state index < -0.39 is 0 Å². The zero-order chi connectivity index (χ0) is 19.8. The Bertz CT molecular complexity index is 811. The van der Waals surface area contributed by atoms with Gasteiger partial charge in [-0.05, 0) is 24.3 Å². The number of methoxy groups -OCH3 is 1. The Hall–Kier alpha value is -3.04. The van der Waals surface area contributed by atoms with E-state index in [1.54, 1.807) is 12.0 Å². The van der Waals surface area contributed by atoms with Crippen LogP contribution in [0.4, 0.5) is 11.4 Å². The van der Waals surface area contributed by atoms with Crippen LogP contribution in [0.3, 0.4) is 0 Å². The highest BCUT2D eigenvalue weighted by Gasteiger charge is 2.23. The number of amides is 1. The summed E-state index contributed by atoms with van der Waals surface area (Å²) in [7, 11) is 1.67. The smallest absolute Gasteiger partial charge is 0.241 e. The van der Waals surface area contributed by atoms with Gasteiger partial charge in [0.25, 0.3) is 0 Å². The Balaban J connectivity index is 1.58. The minimum absolute atomic E-state index is 0.0382. The fourth-order valence-corrected chi connectivity index (χ4v) is 3.42. The summed E-state index contributed by atoms with van der Waals surface area (Å²) < 4.78 is 5.31. The van der Waals surface area contributed by atoms with E-state index >= 15 is 0 Å². The topological polar surface area (TPSA) is 59.8 Å². The quantitative estimate of drug-likeness (QED) is 0.741. The summed E-state index contributed by atoms with van der Waals surface area (Å²) in [6, 6.07) is 19.8. The van der Waals surface area contributed by atoms with Gasteiger partial charge in [0.15, 0.2) is 0 Å². The minimum Gasteiger partial charge on any atom is -0.497 e. The van der Waals surface area contributed by atoms with Crippen LogP contribution in [0.1, 0.15) is 6.42 Å². The summed E-state index contributed by atoms with van der Waals surface area (Å²) in [4.78, 5) is 19.1.